The summed E-state index contributed by atoms with van der Waals surface area (Å²) in [6.07, 6.45) is 61.6. The molecule has 6 nitrogen and oxygen atoms in total. The summed E-state index contributed by atoms with van der Waals surface area (Å²) in [4.78, 5) is 38.1. The highest BCUT2D eigenvalue weighted by molar-refractivity contribution is 5.71. The second kappa shape index (κ2) is 53.5. The molecular weight excluding hydrogens is 793 g/mol. The van der Waals surface area contributed by atoms with Crippen LogP contribution in [0, 0.1) is 0 Å². The van der Waals surface area contributed by atoms with Crippen molar-refractivity contribution in [2.75, 3.05) is 13.2 Å². The fourth-order valence-corrected chi connectivity index (χ4v) is 8.37. The van der Waals surface area contributed by atoms with Crippen LogP contribution in [0.25, 0.3) is 0 Å². The van der Waals surface area contributed by atoms with Crippen LogP contribution in [-0.2, 0) is 28.6 Å². The summed E-state index contributed by atoms with van der Waals surface area (Å²) in [5, 5.41) is 0. The van der Waals surface area contributed by atoms with Gasteiger partial charge < -0.3 is 14.2 Å². The van der Waals surface area contributed by atoms with E-state index in [9.17, 15) is 14.4 Å². The van der Waals surface area contributed by atoms with Gasteiger partial charge in [0.25, 0.3) is 0 Å². The lowest BCUT2D eigenvalue weighted by atomic mass is 10.0. The molecule has 1 unspecified atom stereocenters. The Labute approximate surface area is 398 Å². The third-order valence-electron chi connectivity index (χ3n) is 12.7. The van der Waals surface area contributed by atoms with E-state index in [2.05, 4.69) is 45.1 Å². The molecule has 0 radical (unpaired) electrons. The van der Waals surface area contributed by atoms with Gasteiger partial charge in [-0.25, -0.2) is 0 Å². The molecular formula is C58H108O6. The number of hydrogen-bond donors (Lipinski definition) is 0. The van der Waals surface area contributed by atoms with Crippen LogP contribution in [0.1, 0.15) is 310 Å². The maximum absolute atomic E-state index is 12.8. The van der Waals surface area contributed by atoms with Gasteiger partial charge in [-0.3, -0.25) is 14.4 Å². The van der Waals surface area contributed by atoms with Crippen molar-refractivity contribution >= 4 is 17.9 Å². The summed E-state index contributed by atoms with van der Waals surface area (Å²) in [6, 6.07) is 0. The third kappa shape index (κ3) is 50.9. The van der Waals surface area contributed by atoms with Crippen molar-refractivity contribution in [1.29, 1.82) is 0 Å². The normalized spacial score (nSPS) is 12.1. The second-order valence-electron chi connectivity index (χ2n) is 19.2. The van der Waals surface area contributed by atoms with Crippen molar-refractivity contribution < 1.29 is 28.6 Å². The summed E-state index contributed by atoms with van der Waals surface area (Å²) >= 11 is 0. The number of hydrogen-bond acceptors (Lipinski definition) is 6. The molecule has 0 aliphatic carbocycles. The molecule has 0 aromatic heterocycles. The van der Waals surface area contributed by atoms with E-state index in [0.717, 1.165) is 64.2 Å². The number of carbonyl (C=O) groups excluding carboxylic acids is 3. The van der Waals surface area contributed by atoms with Crippen LogP contribution in [0.2, 0.25) is 0 Å². The molecule has 0 saturated carbocycles. The fraction of sp³-hybridized carbons (Fsp3) is 0.879. The lowest BCUT2D eigenvalue weighted by molar-refractivity contribution is -0.167. The zero-order chi connectivity index (χ0) is 46.5. The monoisotopic (exact) mass is 901 g/mol. The molecule has 0 amide bonds. The van der Waals surface area contributed by atoms with E-state index in [1.807, 2.05) is 0 Å². The number of esters is 3. The molecule has 0 bridgehead atoms. The lowest BCUT2D eigenvalue weighted by Gasteiger charge is -2.18. The first-order valence-corrected chi connectivity index (χ1v) is 28.3. The van der Waals surface area contributed by atoms with Crippen LogP contribution in [-0.4, -0.2) is 37.2 Å². The molecule has 0 aliphatic heterocycles. The molecule has 0 rings (SSSR count). The molecule has 376 valence electrons. The Kier molecular flexibility index (Phi) is 51.7. The first-order valence-electron chi connectivity index (χ1n) is 28.3. The summed E-state index contributed by atoms with van der Waals surface area (Å²) in [6.45, 7) is 6.66. The standard InChI is InChI=1S/C58H108O6/c1-4-7-10-13-16-19-22-25-28-29-31-33-36-39-42-45-48-51-57(60)63-54-55(53-62-56(59)50-47-44-41-38-35-32-27-24-21-18-15-12-9-6-3)64-58(61)52-49-46-43-40-37-34-30-26-23-20-17-14-11-8-5-2/h25-26,28,30,55H,4-24,27,29,31-54H2,1-3H3/b28-25-,30-26-. The molecule has 64 heavy (non-hydrogen) atoms. The van der Waals surface area contributed by atoms with Crippen molar-refractivity contribution in [1.82, 2.24) is 0 Å². The summed E-state index contributed by atoms with van der Waals surface area (Å²) < 4.78 is 16.9. The highest BCUT2D eigenvalue weighted by Gasteiger charge is 2.19. The number of carbonyl (C=O) groups is 3. The van der Waals surface area contributed by atoms with Gasteiger partial charge >= 0.3 is 17.9 Å². The Morgan fingerprint density at radius 2 is 0.516 bits per heavy atom. The Hall–Kier alpha value is -2.11. The van der Waals surface area contributed by atoms with E-state index in [1.54, 1.807) is 0 Å². The van der Waals surface area contributed by atoms with Crippen molar-refractivity contribution in [2.24, 2.45) is 0 Å². The van der Waals surface area contributed by atoms with Crippen LogP contribution in [0.5, 0.6) is 0 Å². The number of allylic oxidation sites excluding steroid dienone is 4. The predicted octanol–water partition coefficient (Wildman–Crippen LogP) is 18.7. The summed E-state index contributed by atoms with van der Waals surface area (Å²) in [5.74, 6) is -0.866. The SMILES string of the molecule is CCCCCCCC/C=C\CCCCCCCCCC(=O)OCC(COC(=O)CCCCCCCCCCCCCCCC)OC(=O)CCCCCCC/C=C\CCCCCCCC. The van der Waals surface area contributed by atoms with E-state index >= 15 is 0 Å². The highest BCUT2D eigenvalue weighted by atomic mass is 16.6. The van der Waals surface area contributed by atoms with Crippen molar-refractivity contribution in [3.8, 4) is 0 Å². The van der Waals surface area contributed by atoms with Crippen LogP contribution in [0.3, 0.4) is 0 Å². The predicted molar refractivity (Wildman–Crippen MR) is 275 cm³/mol. The van der Waals surface area contributed by atoms with Crippen molar-refractivity contribution in [2.45, 2.75) is 316 Å². The minimum absolute atomic E-state index is 0.0717. The van der Waals surface area contributed by atoms with E-state index in [-0.39, 0.29) is 31.1 Å². The minimum atomic E-state index is -0.773. The molecule has 0 heterocycles. The van der Waals surface area contributed by atoms with Crippen molar-refractivity contribution in [3.63, 3.8) is 0 Å². The van der Waals surface area contributed by atoms with Crippen LogP contribution in [0.4, 0.5) is 0 Å². The van der Waals surface area contributed by atoms with Gasteiger partial charge in [0.1, 0.15) is 13.2 Å². The van der Waals surface area contributed by atoms with Gasteiger partial charge in [0.05, 0.1) is 0 Å². The maximum atomic E-state index is 12.8. The molecule has 0 aliphatic rings. The number of unbranched alkanes of at least 4 members (excludes halogenated alkanes) is 37. The Balaban J connectivity index is 4.35. The van der Waals surface area contributed by atoms with Gasteiger partial charge in [-0.05, 0) is 70.6 Å². The number of rotatable bonds is 52. The lowest BCUT2D eigenvalue weighted by Crippen LogP contribution is -2.30. The summed E-state index contributed by atoms with van der Waals surface area (Å²) in [7, 11) is 0. The molecule has 0 fully saturated rings. The topological polar surface area (TPSA) is 78.9 Å². The second-order valence-corrected chi connectivity index (χ2v) is 19.2. The molecule has 6 heteroatoms. The van der Waals surface area contributed by atoms with E-state index in [4.69, 9.17) is 14.2 Å². The van der Waals surface area contributed by atoms with E-state index in [0.29, 0.717) is 19.3 Å². The Morgan fingerprint density at radius 1 is 0.297 bits per heavy atom. The molecule has 0 N–H and O–H groups in total. The fourth-order valence-electron chi connectivity index (χ4n) is 8.37. The average molecular weight is 901 g/mol. The van der Waals surface area contributed by atoms with E-state index in [1.165, 1.54) is 205 Å². The third-order valence-corrected chi connectivity index (χ3v) is 12.7. The van der Waals surface area contributed by atoms with Gasteiger partial charge in [-0.15, -0.1) is 0 Å². The quantitative estimate of drug-likeness (QED) is 0.0262. The van der Waals surface area contributed by atoms with Gasteiger partial charge in [0.2, 0.25) is 0 Å². The Bertz CT molecular complexity index is 1040. The van der Waals surface area contributed by atoms with Crippen LogP contribution >= 0.6 is 0 Å². The maximum Gasteiger partial charge on any atom is 0.306 e. The first-order chi connectivity index (χ1) is 31.5. The van der Waals surface area contributed by atoms with Gasteiger partial charge in [0.15, 0.2) is 6.10 Å². The molecule has 0 aromatic carbocycles. The van der Waals surface area contributed by atoms with Gasteiger partial charge in [0, 0.05) is 19.3 Å². The van der Waals surface area contributed by atoms with Gasteiger partial charge in [-0.2, -0.15) is 0 Å². The minimum Gasteiger partial charge on any atom is -0.462 e. The Morgan fingerprint density at radius 3 is 0.781 bits per heavy atom. The van der Waals surface area contributed by atoms with Crippen molar-refractivity contribution in [3.05, 3.63) is 24.3 Å². The number of ether oxygens (including phenoxy) is 3. The molecule has 1 atom stereocenters. The molecule has 0 aromatic rings. The highest BCUT2D eigenvalue weighted by Crippen LogP contribution is 2.16. The average Bonchev–Trinajstić information content (AvgIpc) is 3.29. The largest absolute Gasteiger partial charge is 0.462 e. The van der Waals surface area contributed by atoms with E-state index < -0.39 is 6.10 Å². The smallest absolute Gasteiger partial charge is 0.306 e. The van der Waals surface area contributed by atoms with Gasteiger partial charge in [-0.1, -0.05) is 244 Å². The molecule has 0 spiro atoms. The zero-order valence-electron chi connectivity index (χ0n) is 43.1. The van der Waals surface area contributed by atoms with Crippen LogP contribution < -0.4 is 0 Å². The molecule has 0 saturated heterocycles. The first kappa shape index (κ1) is 61.9. The summed E-state index contributed by atoms with van der Waals surface area (Å²) in [5.41, 5.74) is 0. The zero-order valence-corrected chi connectivity index (χ0v) is 43.1. The van der Waals surface area contributed by atoms with Crippen LogP contribution in [0.15, 0.2) is 24.3 Å².